The molecule has 3 rings (SSSR count). The minimum atomic E-state index is 0.0264. The summed E-state index contributed by atoms with van der Waals surface area (Å²) >= 11 is 5.57. The van der Waals surface area contributed by atoms with E-state index in [9.17, 15) is 4.79 Å². The Bertz CT molecular complexity index is 711. The molecule has 1 aromatic carbocycles. The lowest BCUT2D eigenvalue weighted by molar-refractivity contribution is -0.124. The van der Waals surface area contributed by atoms with Crippen LogP contribution in [0.25, 0.3) is 6.08 Å². The first-order chi connectivity index (χ1) is 13.0. The maximum atomic E-state index is 13.0. The van der Waals surface area contributed by atoms with Crippen LogP contribution in [0.1, 0.15) is 44.1 Å². The summed E-state index contributed by atoms with van der Waals surface area (Å²) in [5.74, 6) is 0.0264. The van der Waals surface area contributed by atoms with Gasteiger partial charge in [0.05, 0.1) is 0 Å². The van der Waals surface area contributed by atoms with Gasteiger partial charge in [-0.3, -0.25) is 9.69 Å². The Kier molecular flexibility index (Phi) is 6.50. The van der Waals surface area contributed by atoms with Gasteiger partial charge in [-0.05, 0) is 55.3 Å². The molecule has 1 saturated heterocycles. The Hall–Kier alpha value is -1.92. The van der Waals surface area contributed by atoms with Crippen LogP contribution in [0.2, 0.25) is 0 Å². The quantitative estimate of drug-likeness (QED) is 0.600. The lowest BCUT2D eigenvalue weighted by atomic mass is 9.94. The van der Waals surface area contributed by atoms with Crippen molar-refractivity contribution in [1.82, 2.24) is 9.80 Å². The van der Waals surface area contributed by atoms with E-state index in [0.29, 0.717) is 10.8 Å². The van der Waals surface area contributed by atoms with E-state index in [-0.39, 0.29) is 18.6 Å². The number of aliphatic hydroxyl groups excluding tert-OH is 1. The molecule has 1 saturated carbocycles. The molecule has 0 bridgehead atoms. The van der Waals surface area contributed by atoms with Crippen molar-refractivity contribution >= 4 is 35.0 Å². The molecule has 27 heavy (non-hydrogen) atoms. The second-order valence-electron chi connectivity index (χ2n) is 7.43. The van der Waals surface area contributed by atoms with Crippen LogP contribution in [0.4, 0.5) is 5.69 Å². The number of carbonyl (C=O) groups excluding carboxylic acids is 1. The highest BCUT2D eigenvalue weighted by Gasteiger charge is 2.40. The fourth-order valence-corrected chi connectivity index (χ4v) is 4.19. The summed E-state index contributed by atoms with van der Waals surface area (Å²) in [4.78, 5) is 18.8. The van der Waals surface area contributed by atoms with Crippen LogP contribution in [0.3, 0.4) is 0 Å². The van der Waals surface area contributed by atoms with Crippen molar-refractivity contribution in [3.05, 3.63) is 35.5 Å². The number of amides is 1. The van der Waals surface area contributed by atoms with E-state index in [2.05, 4.69) is 4.90 Å². The first-order valence-electron chi connectivity index (χ1n) is 9.78. The third-order valence-corrected chi connectivity index (χ3v) is 5.99. The second kappa shape index (κ2) is 8.85. The Balaban J connectivity index is 1.75. The van der Waals surface area contributed by atoms with Crippen molar-refractivity contribution in [3.8, 4) is 0 Å². The van der Waals surface area contributed by atoms with E-state index in [0.717, 1.165) is 37.1 Å². The number of benzene rings is 1. The molecule has 0 radical (unpaired) electrons. The number of hydrogen-bond donors (Lipinski definition) is 1. The van der Waals surface area contributed by atoms with Crippen LogP contribution in [-0.4, -0.2) is 59.2 Å². The third-order valence-electron chi connectivity index (χ3n) is 5.52. The molecule has 1 aliphatic heterocycles. The van der Waals surface area contributed by atoms with E-state index in [1.165, 1.54) is 19.3 Å². The number of hydrogen-bond acceptors (Lipinski definition) is 4. The fraction of sp³-hybridized carbons (Fsp3) is 0.524. The summed E-state index contributed by atoms with van der Waals surface area (Å²) in [6.45, 7) is 1.00. The highest BCUT2D eigenvalue weighted by atomic mass is 32.1. The predicted molar refractivity (Wildman–Crippen MR) is 113 cm³/mol. The number of rotatable bonds is 6. The van der Waals surface area contributed by atoms with Gasteiger partial charge in [-0.1, -0.05) is 31.4 Å². The van der Waals surface area contributed by atoms with Crippen LogP contribution < -0.4 is 4.90 Å². The smallest absolute Gasteiger partial charge is 0.277 e. The standard InChI is InChI=1S/C21H29N3O2S/c1-22(13-6-14-25)17-11-9-16(10-12-17)15-19-20(26)24(21(27)23(19)2)18-7-4-3-5-8-18/h9-12,15,18,25H,3-8,13-14H2,1-2H3/b19-15+. The van der Waals surface area contributed by atoms with Crippen molar-refractivity contribution < 1.29 is 9.90 Å². The SMILES string of the molecule is CN1C(=S)N(C2CCCCC2)C(=O)/C1=C\c1ccc(N(C)CCCO)cc1. The van der Waals surface area contributed by atoms with Gasteiger partial charge in [0.25, 0.3) is 5.91 Å². The number of thiocarbonyl (C=S) groups is 1. The lowest BCUT2D eigenvalue weighted by Crippen LogP contribution is -2.41. The molecular formula is C21H29N3O2S. The summed E-state index contributed by atoms with van der Waals surface area (Å²) in [5.41, 5.74) is 2.72. The molecule has 146 valence electrons. The van der Waals surface area contributed by atoms with E-state index >= 15 is 0 Å². The number of likely N-dealkylation sites (N-methyl/N-ethyl adjacent to an activating group) is 1. The predicted octanol–water partition coefficient (Wildman–Crippen LogP) is 3.24. The topological polar surface area (TPSA) is 47.0 Å². The van der Waals surface area contributed by atoms with Crippen molar-refractivity contribution in [2.24, 2.45) is 0 Å². The average Bonchev–Trinajstić information content (AvgIpc) is 2.90. The normalized spacial score (nSPS) is 20.0. The molecular weight excluding hydrogens is 358 g/mol. The van der Waals surface area contributed by atoms with Gasteiger partial charge in [-0.25, -0.2) is 0 Å². The minimum Gasteiger partial charge on any atom is -0.396 e. The largest absolute Gasteiger partial charge is 0.396 e. The molecule has 1 N–H and O–H groups in total. The van der Waals surface area contributed by atoms with Crippen molar-refractivity contribution in [2.75, 3.05) is 32.1 Å². The summed E-state index contributed by atoms with van der Waals surface area (Å²) in [6, 6.07) is 8.37. The zero-order valence-corrected chi connectivity index (χ0v) is 17.0. The first kappa shape index (κ1) is 19.8. The van der Waals surface area contributed by atoms with Gasteiger partial charge in [0.1, 0.15) is 5.70 Å². The fourth-order valence-electron chi connectivity index (χ4n) is 3.86. The Morgan fingerprint density at radius 2 is 1.89 bits per heavy atom. The summed E-state index contributed by atoms with van der Waals surface area (Å²) in [7, 11) is 3.89. The number of aliphatic hydroxyl groups is 1. The number of carbonyl (C=O) groups is 1. The van der Waals surface area contributed by atoms with Crippen LogP contribution in [-0.2, 0) is 4.79 Å². The molecule has 1 amide bonds. The lowest BCUT2D eigenvalue weighted by Gasteiger charge is -2.30. The van der Waals surface area contributed by atoms with Gasteiger partial charge in [-0.15, -0.1) is 0 Å². The highest BCUT2D eigenvalue weighted by molar-refractivity contribution is 7.80. The monoisotopic (exact) mass is 387 g/mol. The molecule has 1 aliphatic carbocycles. The molecule has 2 fully saturated rings. The van der Waals surface area contributed by atoms with Gasteiger partial charge in [0.2, 0.25) is 0 Å². The molecule has 1 aromatic rings. The minimum absolute atomic E-state index is 0.0264. The molecule has 1 heterocycles. The van der Waals surface area contributed by atoms with Crippen LogP contribution in [0.5, 0.6) is 0 Å². The first-order valence-corrected chi connectivity index (χ1v) is 10.2. The Labute approximate surface area is 167 Å². The van der Waals surface area contributed by atoms with E-state index < -0.39 is 0 Å². The Morgan fingerprint density at radius 1 is 1.22 bits per heavy atom. The second-order valence-corrected chi connectivity index (χ2v) is 7.79. The van der Waals surface area contributed by atoms with Gasteiger partial charge < -0.3 is 14.9 Å². The van der Waals surface area contributed by atoms with Gasteiger partial charge in [-0.2, -0.15) is 0 Å². The summed E-state index contributed by atoms with van der Waals surface area (Å²) in [5, 5.41) is 9.59. The van der Waals surface area contributed by atoms with Gasteiger partial charge in [0, 0.05) is 39.0 Å². The summed E-state index contributed by atoms with van der Waals surface area (Å²) in [6.07, 6.45) is 8.36. The van der Waals surface area contributed by atoms with E-state index in [4.69, 9.17) is 17.3 Å². The number of anilines is 1. The molecule has 2 aliphatic rings. The van der Waals surface area contributed by atoms with Gasteiger partial charge >= 0.3 is 0 Å². The molecule has 0 atom stereocenters. The van der Waals surface area contributed by atoms with Crippen molar-refractivity contribution in [2.45, 2.75) is 44.6 Å². The average molecular weight is 388 g/mol. The number of nitrogens with zero attached hydrogens (tertiary/aromatic N) is 3. The van der Waals surface area contributed by atoms with Crippen molar-refractivity contribution in [1.29, 1.82) is 0 Å². The summed E-state index contributed by atoms with van der Waals surface area (Å²) < 4.78 is 0. The maximum absolute atomic E-state index is 13.0. The zero-order valence-electron chi connectivity index (χ0n) is 16.2. The zero-order chi connectivity index (χ0) is 19.4. The molecule has 0 unspecified atom stereocenters. The maximum Gasteiger partial charge on any atom is 0.277 e. The Morgan fingerprint density at radius 3 is 2.52 bits per heavy atom. The van der Waals surface area contributed by atoms with Crippen molar-refractivity contribution in [3.63, 3.8) is 0 Å². The van der Waals surface area contributed by atoms with Gasteiger partial charge in [0.15, 0.2) is 5.11 Å². The van der Waals surface area contributed by atoms with Crippen LogP contribution in [0.15, 0.2) is 30.0 Å². The molecule has 6 heteroatoms. The van der Waals surface area contributed by atoms with Crippen LogP contribution >= 0.6 is 12.2 Å². The van der Waals surface area contributed by atoms with Crippen LogP contribution in [0, 0.1) is 0 Å². The molecule has 5 nitrogen and oxygen atoms in total. The third kappa shape index (κ3) is 4.33. The highest BCUT2D eigenvalue weighted by Crippen LogP contribution is 2.30. The molecule has 0 aromatic heterocycles. The van der Waals surface area contributed by atoms with E-state index in [1.54, 1.807) is 0 Å². The van der Waals surface area contributed by atoms with E-state index in [1.807, 2.05) is 54.2 Å². The molecule has 0 spiro atoms.